The van der Waals surface area contributed by atoms with Gasteiger partial charge in [0.15, 0.2) is 0 Å². The summed E-state index contributed by atoms with van der Waals surface area (Å²) in [7, 11) is 0. The number of carboxylic acid groups (broad SMARTS) is 1. The van der Waals surface area contributed by atoms with Gasteiger partial charge in [0.25, 0.3) is 5.91 Å². The van der Waals surface area contributed by atoms with Crippen LogP contribution < -0.4 is 10.2 Å². The van der Waals surface area contributed by atoms with Gasteiger partial charge in [0.1, 0.15) is 10.8 Å². The molecule has 1 saturated heterocycles. The number of carboxylic acids is 1. The molecule has 0 aromatic carbocycles. The molecule has 1 atom stereocenters. The zero-order valence-corrected chi connectivity index (χ0v) is 19.0. The number of carbonyl (C=O) groups excluding carboxylic acids is 1. The molecule has 30 heavy (non-hydrogen) atoms. The number of hydrogen-bond donors (Lipinski definition) is 2. The topological polar surface area (TPSA) is 82.5 Å². The van der Waals surface area contributed by atoms with E-state index in [0.717, 1.165) is 61.8 Å². The lowest BCUT2D eigenvalue weighted by atomic mass is 9.85. The molecule has 1 aliphatic carbocycles. The van der Waals surface area contributed by atoms with Crippen LogP contribution in [0.25, 0.3) is 0 Å². The largest absolute Gasteiger partial charge is 0.481 e. The number of piperidine rings is 1. The second-order valence-electron chi connectivity index (χ2n) is 8.63. The Labute approximate surface area is 184 Å². The van der Waals surface area contributed by atoms with Crippen LogP contribution in [-0.4, -0.2) is 46.9 Å². The molecule has 1 aromatic heterocycles. The minimum atomic E-state index is -0.710. The standard InChI is InChI=1S/C23H35N3O3S/c1-3-15-30-22-19(21(27)24-18-7-5-4-6-8-18)9-10-20(25-22)26-13-11-17(12-14-26)16(2)23(28)29/h9-10,16-18H,3-8,11-15H2,1-2H3,(H,24,27)(H,28,29)/t16-/m0/s1. The highest BCUT2D eigenvalue weighted by atomic mass is 32.2. The van der Waals surface area contributed by atoms with Gasteiger partial charge in [0, 0.05) is 19.1 Å². The Hall–Kier alpha value is -1.76. The molecule has 1 aromatic rings. The zero-order chi connectivity index (χ0) is 21.5. The average Bonchev–Trinajstić information content (AvgIpc) is 2.77. The Kier molecular flexibility index (Phi) is 8.42. The molecule has 7 heteroatoms. The number of anilines is 1. The second kappa shape index (κ2) is 11.0. The van der Waals surface area contributed by atoms with Crippen LogP contribution in [0, 0.1) is 11.8 Å². The highest BCUT2D eigenvalue weighted by molar-refractivity contribution is 7.99. The highest BCUT2D eigenvalue weighted by Gasteiger charge is 2.29. The third kappa shape index (κ3) is 5.90. The van der Waals surface area contributed by atoms with E-state index in [2.05, 4.69) is 17.1 Å². The van der Waals surface area contributed by atoms with E-state index in [9.17, 15) is 14.7 Å². The van der Waals surface area contributed by atoms with E-state index in [1.807, 2.05) is 12.1 Å². The molecule has 166 valence electrons. The predicted octanol–water partition coefficient (Wildman–Crippen LogP) is 4.58. The molecule has 6 nitrogen and oxygen atoms in total. The summed E-state index contributed by atoms with van der Waals surface area (Å²) in [5.41, 5.74) is 0.678. The lowest BCUT2D eigenvalue weighted by Crippen LogP contribution is -2.38. The summed E-state index contributed by atoms with van der Waals surface area (Å²) >= 11 is 1.65. The van der Waals surface area contributed by atoms with Crippen molar-refractivity contribution in [3.05, 3.63) is 17.7 Å². The maximum atomic E-state index is 12.9. The first kappa shape index (κ1) is 22.9. The molecule has 1 aliphatic heterocycles. The van der Waals surface area contributed by atoms with Gasteiger partial charge in [-0.15, -0.1) is 11.8 Å². The third-order valence-electron chi connectivity index (χ3n) is 6.43. The van der Waals surface area contributed by atoms with Crippen molar-refractivity contribution in [1.82, 2.24) is 10.3 Å². The number of pyridine rings is 1. The summed E-state index contributed by atoms with van der Waals surface area (Å²) in [6, 6.07) is 4.15. The van der Waals surface area contributed by atoms with Gasteiger partial charge in [0.2, 0.25) is 0 Å². The maximum Gasteiger partial charge on any atom is 0.306 e. The normalized spacial score (nSPS) is 19.5. The van der Waals surface area contributed by atoms with E-state index in [-0.39, 0.29) is 23.8 Å². The number of thioether (sulfide) groups is 1. The van der Waals surface area contributed by atoms with Gasteiger partial charge < -0.3 is 15.3 Å². The zero-order valence-electron chi connectivity index (χ0n) is 18.2. The van der Waals surface area contributed by atoms with Gasteiger partial charge in [0.05, 0.1) is 11.5 Å². The van der Waals surface area contributed by atoms with Crippen LogP contribution in [0.5, 0.6) is 0 Å². The van der Waals surface area contributed by atoms with Crippen LogP contribution in [0.15, 0.2) is 17.2 Å². The quantitative estimate of drug-likeness (QED) is 0.584. The van der Waals surface area contributed by atoms with E-state index in [1.54, 1.807) is 18.7 Å². The van der Waals surface area contributed by atoms with E-state index in [0.29, 0.717) is 5.56 Å². The first-order chi connectivity index (χ1) is 14.5. The van der Waals surface area contributed by atoms with Crippen molar-refractivity contribution < 1.29 is 14.7 Å². The van der Waals surface area contributed by atoms with Gasteiger partial charge in [-0.25, -0.2) is 4.98 Å². The molecule has 2 fully saturated rings. The molecule has 3 rings (SSSR count). The first-order valence-corrected chi connectivity index (χ1v) is 12.4. The molecular formula is C23H35N3O3S. The molecule has 1 saturated carbocycles. The fraction of sp³-hybridized carbons (Fsp3) is 0.696. The maximum absolute atomic E-state index is 12.9. The molecule has 0 spiro atoms. The molecule has 2 heterocycles. The molecular weight excluding hydrogens is 398 g/mol. The fourth-order valence-corrected chi connectivity index (χ4v) is 5.30. The van der Waals surface area contributed by atoms with E-state index in [1.165, 1.54) is 19.3 Å². The summed E-state index contributed by atoms with van der Waals surface area (Å²) in [6.45, 7) is 5.55. The number of aliphatic carboxylic acids is 1. The lowest BCUT2D eigenvalue weighted by molar-refractivity contribution is -0.143. The summed E-state index contributed by atoms with van der Waals surface area (Å²) in [4.78, 5) is 31.3. The smallest absolute Gasteiger partial charge is 0.306 e. The van der Waals surface area contributed by atoms with E-state index >= 15 is 0 Å². The Morgan fingerprint density at radius 2 is 1.90 bits per heavy atom. The van der Waals surface area contributed by atoms with Crippen LogP contribution in [-0.2, 0) is 4.79 Å². The average molecular weight is 434 g/mol. The van der Waals surface area contributed by atoms with Crippen LogP contribution in [0.2, 0.25) is 0 Å². The number of aromatic nitrogens is 1. The molecule has 2 aliphatic rings. The monoisotopic (exact) mass is 433 g/mol. The Bertz CT molecular complexity index is 728. The van der Waals surface area contributed by atoms with Gasteiger partial charge in [-0.2, -0.15) is 0 Å². The van der Waals surface area contributed by atoms with Crippen molar-refractivity contribution in [2.24, 2.45) is 11.8 Å². The number of hydrogen-bond acceptors (Lipinski definition) is 5. The van der Waals surface area contributed by atoms with Crippen molar-refractivity contribution >= 4 is 29.5 Å². The SMILES string of the molecule is CCCSc1nc(N2CCC([C@H](C)C(=O)O)CC2)ccc1C(=O)NC1CCCCC1. The van der Waals surface area contributed by atoms with Gasteiger partial charge in [-0.3, -0.25) is 9.59 Å². The van der Waals surface area contributed by atoms with Crippen molar-refractivity contribution in [3.8, 4) is 0 Å². The van der Waals surface area contributed by atoms with Crippen molar-refractivity contribution in [3.63, 3.8) is 0 Å². The number of rotatable bonds is 8. The molecule has 0 radical (unpaired) electrons. The third-order valence-corrected chi connectivity index (χ3v) is 7.63. The molecule has 1 amide bonds. The van der Waals surface area contributed by atoms with Gasteiger partial charge in [-0.05, 0) is 55.9 Å². The number of nitrogens with one attached hydrogen (secondary N) is 1. The van der Waals surface area contributed by atoms with Crippen molar-refractivity contribution in [1.29, 1.82) is 0 Å². The molecule has 2 N–H and O–H groups in total. The number of amides is 1. The second-order valence-corrected chi connectivity index (χ2v) is 9.71. The van der Waals surface area contributed by atoms with Gasteiger partial charge >= 0.3 is 5.97 Å². The number of nitrogens with zero attached hydrogens (tertiary/aromatic N) is 2. The van der Waals surface area contributed by atoms with Crippen molar-refractivity contribution in [2.45, 2.75) is 76.3 Å². The summed E-state index contributed by atoms with van der Waals surface area (Å²) in [5.74, 6) is 1.02. The fourth-order valence-electron chi connectivity index (χ4n) is 4.43. The molecule has 0 unspecified atom stereocenters. The number of carbonyl (C=O) groups is 2. The molecule has 0 bridgehead atoms. The van der Waals surface area contributed by atoms with Gasteiger partial charge in [-0.1, -0.05) is 33.1 Å². The van der Waals surface area contributed by atoms with Crippen LogP contribution >= 0.6 is 11.8 Å². The van der Waals surface area contributed by atoms with E-state index in [4.69, 9.17) is 4.98 Å². The van der Waals surface area contributed by atoms with Crippen LogP contribution in [0.3, 0.4) is 0 Å². The van der Waals surface area contributed by atoms with Crippen molar-refractivity contribution in [2.75, 3.05) is 23.7 Å². The Morgan fingerprint density at radius 1 is 1.20 bits per heavy atom. The Morgan fingerprint density at radius 3 is 2.53 bits per heavy atom. The summed E-state index contributed by atoms with van der Waals surface area (Å²) < 4.78 is 0. The van der Waals surface area contributed by atoms with Crippen LogP contribution in [0.1, 0.15) is 75.6 Å². The summed E-state index contributed by atoms with van der Waals surface area (Å²) in [5, 5.41) is 13.3. The predicted molar refractivity (Wildman–Crippen MR) is 121 cm³/mol. The summed E-state index contributed by atoms with van der Waals surface area (Å²) in [6.07, 6.45) is 8.52. The van der Waals surface area contributed by atoms with E-state index < -0.39 is 5.97 Å². The Balaban J connectivity index is 1.69. The minimum absolute atomic E-state index is 0.00598. The lowest BCUT2D eigenvalue weighted by Gasteiger charge is -2.34. The first-order valence-electron chi connectivity index (χ1n) is 11.4. The highest BCUT2D eigenvalue weighted by Crippen LogP contribution is 2.30. The minimum Gasteiger partial charge on any atom is -0.481 e. The van der Waals surface area contributed by atoms with Crippen LogP contribution in [0.4, 0.5) is 5.82 Å².